The maximum atomic E-state index is 10.4. The van der Waals surface area contributed by atoms with Crippen molar-refractivity contribution in [3.63, 3.8) is 0 Å². The van der Waals surface area contributed by atoms with Crippen LogP contribution in [0.1, 0.15) is 18.6 Å². The Kier molecular flexibility index (Phi) is 5.38. The number of piperazine rings is 1. The second kappa shape index (κ2) is 7.68. The van der Waals surface area contributed by atoms with Crippen LogP contribution in [-0.2, 0) is 6.54 Å². The van der Waals surface area contributed by atoms with E-state index in [9.17, 15) is 5.11 Å². The van der Waals surface area contributed by atoms with Crippen LogP contribution < -0.4 is 0 Å². The van der Waals surface area contributed by atoms with Crippen molar-refractivity contribution >= 4 is 0 Å². The van der Waals surface area contributed by atoms with Gasteiger partial charge in [0, 0.05) is 38.8 Å². The van der Waals surface area contributed by atoms with Gasteiger partial charge < -0.3 is 5.11 Å². The van der Waals surface area contributed by atoms with Crippen LogP contribution in [0.3, 0.4) is 0 Å². The van der Waals surface area contributed by atoms with E-state index in [2.05, 4.69) is 26.8 Å². The Hall–Kier alpha value is -1.76. The third-order valence-corrected chi connectivity index (χ3v) is 4.55. The molecular weight excluding hydrogens is 290 g/mol. The molecule has 1 aromatic carbocycles. The lowest BCUT2D eigenvalue weighted by molar-refractivity contribution is 0.0375. The number of β-amino-alcohol motifs (C(OH)–C–C–N with tert-alkyl or cyclic N) is 1. The summed E-state index contributed by atoms with van der Waals surface area (Å²) < 4.78 is 1.87. The molecule has 1 N–H and O–H groups in total. The highest BCUT2D eigenvalue weighted by Crippen LogP contribution is 2.17. The minimum Gasteiger partial charge on any atom is -0.387 e. The predicted molar refractivity (Wildman–Crippen MR) is 88.9 cm³/mol. The zero-order chi connectivity index (χ0) is 16.1. The number of hydrogen-bond donors (Lipinski definition) is 1. The Morgan fingerprint density at radius 3 is 2.74 bits per heavy atom. The number of nitrogens with zero attached hydrogens (tertiary/aromatic N) is 5. The fourth-order valence-corrected chi connectivity index (χ4v) is 3.14. The molecule has 6 heteroatoms. The highest BCUT2D eigenvalue weighted by atomic mass is 16.3. The van der Waals surface area contributed by atoms with Crippen molar-refractivity contribution in [3.05, 3.63) is 48.5 Å². The molecule has 0 aliphatic carbocycles. The first kappa shape index (κ1) is 16.1. The summed E-state index contributed by atoms with van der Waals surface area (Å²) in [6.07, 6.45) is 2.92. The van der Waals surface area contributed by atoms with Gasteiger partial charge in [-0.25, -0.2) is 4.98 Å². The number of rotatable bonds is 6. The quantitative estimate of drug-likeness (QED) is 0.862. The molecule has 1 aliphatic heterocycles. The number of aromatic nitrogens is 3. The van der Waals surface area contributed by atoms with Gasteiger partial charge in [-0.3, -0.25) is 14.5 Å². The van der Waals surface area contributed by atoms with Gasteiger partial charge >= 0.3 is 0 Å². The highest BCUT2D eigenvalue weighted by Gasteiger charge is 2.25. The van der Waals surface area contributed by atoms with Gasteiger partial charge in [-0.05, 0) is 12.5 Å². The smallest absolute Gasteiger partial charge is 0.137 e. The van der Waals surface area contributed by atoms with Crippen molar-refractivity contribution in [1.29, 1.82) is 0 Å². The molecule has 1 saturated heterocycles. The molecule has 0 radical (unpaired) electrons. The van der Waals surface area contributed by atoms with E-state index in [1.165, 1.54) is 0 Å². The summed E-state index contributed by atoms with van der Waals surface area (Å²) in [4.78, 5) is 8.81. The molecule has 0 bridgehead atoms. The Morgan fingerprint density at radius 2 is 2.04 bits per heavy atom. The van der Waals surface area contributed by atoms with Crippen molar-refractivity contribution in [1.82, 2.24) is 24.6 Å². The first-order chi connectivity index (χ1) is 11.2. The van der Waals surface area contributed by atoms with Gasteiger partial charge in [-0.15, -0.1) is 0 Å². The molecule has 2 aromatic rings. The van der Waals surface area contributed by atoms with Crippen LogP contribution in [0.25, 0.3) is 0 Å². The molecule has 0 unspecified atom stereocenters. The first-order valence-corrected chi connectivity index (χ1v) is 8.24. The molecule has 0 saturated carbocycles. The molecule has 0 spiro atoms. The molecule has 0 amide bonds. The third-order valence-electron chi connectivity index (χ3n) is 4.55. The standard InChI is InChI=1S/C17H25N5O/c1-15-11-20(8-10-22-14-18-13-19-22)7-9-21(15)12-17(23)16-5-3-2-4-6-16/h2-6,13-15,17,23H,7-12H2,1H3/t15-,17+/m1/s1. The van der Waals surface area contributed by atoms with Gasteiger partial charge in [-0.1, -0.05) is 30.3 Å². The summed E-state index contributed by atoms with van der Waals surface area (Å²) in [5.74, 6) is 0. The van der Waals surface area contributed by atoms with Gasteiger partial charge in [0.2, 0.25) is 0 Å². The van der Waals surface area contributed by atoms with Crippen LogP contribution in [0.15, 0.2) is 43.0 Å². The lowest BCUT2D eigenvalue weighted by Gasteiger charge is -2.40. The molecule has 1 aliphatic rings. The summed E-state index contributed by atoms with van der Waals surface area (Å²) in [7, 11) is 0. The van der Waals surface area contributed by atoms with Crippen LogP contribution in [0.5, 0.6) is 0 Å². The van der Waals surface area contributed by atoms with E-state index in [0.717, 1.165) is 38.3 Å². The first-order valence-electron chi connectivity index (χ1n) is 8.24. The van der Waals surface area contributed by atoms with Crippen LogP contribution in [0.4, 0.5) is 0 Å². The average Bonchev–Trinajstić information content (AvgIpc) is 3.09. The van der Waals surface area contributed by atoms with Gasteiger partial charge in [0.05, 0.1) is 12.6 Å². The number of benzene rings is 1. The lowest BCUT2D eigenvalue weighted by atomic mass is 10.1. The summed E-state index contributed by atoms with van der Waals surface area (Å²) in [5.41, 5.74) is 0.994. The summed E-state index contributed by atoms with van der Waals surface area (Å²) in [6, 6.07) is 10.4. The molecule has 23 heavy (non-hydrogen) atoms. The Bertz CT molecular complexity index is 574. The maximum absolute atomic E-state index is 10.4. The van der Waals surface area contributed by atoms with Gasteiger partial charge in [0.1, 0.15) is 12.7 Å². The lowest BCUT2D eigenvalue weighted by Crippen LogP contribution is -2.53. The van der Waals surface area contributed by atoms with E-state index in [1.807, 2.05) is 35.0 Å². The van der Waals surface area contributed by atoms with Crippen molar-refractivity contribution < 1.29 is 5.11 Å². The monoisotopic (exact) mass is 315 g/mol. The van der Waals surface area contributed by atoms with E-state index < -0.39 is 6.10 Å². The van der Waals surface area contributed by atoms with E-state index >= 15 is 0 Å². The Labute approximate surface area is 137 Å². The molecule has 6 nitrogen and oxygen atoms in total. The molecule has 1 fully saturated rings. The second-order valence-electron chi connectivity index (χ2n) is 6.23. The zero-order valence-corrected chi connectivity index (χ0v) is 13.6. The number of aliphatic hydroxyl groups is 1. The van der Waals surface area contributed by atoms with Crippen molar-refractivity contribution in [2.45, 2.75) is 25.6 Å². The van der Waals surface area contributed by atoms with Gasteiger partial charge in [0.15, 0.2) is 0 Å². The Morgan fingerprint density at radius 1 is 1.22 bits per heavy atom. The van der Waals surface area contributed by atoms with Crippen LogP contribution in [0, 0.1) is 0 Å². The van der Waals surface area contributed by atoms with Crippen LogP contribution >= 0.6 is 0 Å². The molecule has 124 valence electrons. The second-order valence-corrected chi connectivity index (χ2v) is 6.23. The van der Waals surface area contributed by atoms with E-state index in [4.69, 9.17) is 0 Å². The molecule has 1 aromatic heterocycles. The van der Waals surface area contributed by atoms with Crippen molar-refractivity contribution in [2.24, 2.45) is 0 Å². The Balaban J connectivity index is 1.46. The number of aliphatic hydroxyl groups excluding tert-OH is 1. The number of hydrogen-bond acceptors (Lipinski definition) is 5. The minimum atomic E-state index is -0.416. The SMILES string of the molecule is C[C@@H]1CN(CCn2cncn2)CCN1C[C@H](O)c1ccccc1. The minimum absolute atomic E-state index is 0.416. The van der Waals surface area contributed by atoms with Crippen molar-refractivity contribution in [3.8, 4) is 0 Å². The van der Waals surface area contributed by atoms with Crippen LogP contribution in [-0.4, -0.2) is 68.4 Å². The zero-order valence-electron chi connectivity index (χ0n) is 13.6. The van der Waals surface area contributed by atoms with Gasteiger partial charge in [-0.2, -0.15) is 5.10 Å². The summed E-state index contributed by atoms with van der Waals surface area (Å²) in [5, 5.41) is 14.6. The maximum Gasteiger partial charge on any atom is 0.137 e. The van der Waals surface area contributed by atoms with E-state index in [-0.39, 0.29) is 0 Å². The predicted octanol–water partition coefficient (Wildman–Crippen LogP) is 1.02. The molecule has 2 heterocycles. The largest absolute Gasteiger partial charge is 0.387 e. The van der Waals surface area contributed by atoms with Crippen LogP contribution in [0.2, 0.25) is 0 Å². The summed E-state index contributed by atoms with van der Waals surface area (Å²) >= 11 is 0. The fourth-order valence-electron chi connectivity index (χ4n) is 3.14. The average molecular weight is 315 g/mol. The molecule has 3 rings (SSSR count). The summed E-state index contributed by atoms with van der Waals surface area (Å²) in [6.45, 7) is 7.84. The molecule has 2 atom stereocenters. The molecular formula is C17H25N5O. The van der Waals surface area contributed by atoms with E-state index in [0.29, 0.717) is 12.6 Å². The fraction of sp³-hybridized carbons (Fsp3) is 0.529. The van der Waals surface area contributed by atoms with E-state index in [1.54, 1.807) is 12.7 Å². The topological polar surface area (TPSA) is 57.4 Å². The van der Waals surface area contributed by atoms with Gasteiger partial charge in [0.25, 0.3) is 0 Å². The normalized spacial score (nSPS) is 21.4. The third kappa shape index (κ3) is 4.37. The van der Waals surface area contributed by atoms with Crippen molar-refractivity contribution in [2.75, 3.05) is 32.7 Å². The highest BCUT2D eigenvalue weighted by molar-refractivity contribution is 5.17.